The lowest BCUT2D eigenvalue weighted by atomic mass is 10.2. The topological polar surface area (TPSA) is 72.2 Å². The largest absolute Gasteiger partial charge is 0.398 e. The van der Waals surface area contributed by atoms with Crippen LogP contribution in [-0.4, -0.2) is 8.42 Å². The van der Waals surface area contributed by atoms with Gasteiger partial charge < -0.3 is 5.73 Å². The van der Waals surface area contributed by atoms with Crippen LogP contribution in [-0.2, 0) is 16.6 Å². The van der Waals surface area contributed by atoms with Gasteiger partial charge in [-0.3, -0.25) is 0 Å². The predicted molar refractivity (Wildman–Crippen MR) is 81.3 cm³/mol. The highest BCUT2D eigenvalue weighted by atomic mass is 35.5. The van der Waals surface area contributed by atoms with E-state index in [-0.39, 0.29) is 21.5 Å². The smallest absolute Gasteiger partial charge is 0.240 e. The van der Waals surface area contributed by atoms with Crippen molar-refractivity contribution in [3.63, 3.8) is 0 Å². The molecule has 0 aromatic heterocycles. The Bertz CT molecular complexity index is 782. The molecule has 0 fully saturated rings. The van der Waals surface area contributed by atoms with Gasteiger partial charge in [0.05, 0.1) is 20.6 Å². The number of benzene rings is 2. The minimum Gasteiger partial charge on any atom is -0.398 e. The summed E-state index contributed by atoms with van der Waals surface area (Å²) in [4.78, 5) is -0.00471. The third-order valence-electron chi connectivity index (χ3n) is 2.73. The van der Waals surface area contributed by atoms with Gasteiger partial charge in [-0.1, -0.05) is 29.3 Å². The summed E-state index contributed by atoms with van der Waals surface area (Å²) < 4.78 is 39.6. The highest BCUT2D eigenvalue weighted by Gasteiger charge is 2.15. The summed E-state index contributed by atoms with van der Waals surface area (Å²) in [6.45, 7) is -0.0235. The van der Waals surface area contributed by atoms with Crippen LogP contribution in [0.4, 0.5) is 10.1 Å². The summed E-state index contributed by atoms with van der Waals surface area (Å²) in [5.74, 6) is -0.561. The molecule has 0 heterocycles. The van der Waals surface area contributed by atoms with Gasteiger partial charge in [0.25, 0.3) is 0 Å². The van der Waals surface area contributed by atoms with Gasteiger partial charge in [-0.25, -0.2) is 17.5 Å². The van der Waals surface area contributed by atoms with E-state index in [1.807, 2.05) is 0 Å². The van der Waals surface area contributed by atoms with E-state index in [0.717, 1.165) is 0 Å². The van der Waals surface area contributed by atoms with Gasteiger partial charge in [-0.15, -0.1) is 0 Å². The molecule has 8 heteroatoms. The van der Waals surface area contributed by atoms with Gasteiger partial charge in [0.2, 0.25) is 10.0 Å². The fraction of sp³-hybridized carbons (Fsp3) is 0.0769. The Kier molecular flexibility index (Phi) is 4.73. The van der Waals surface area contributed by atoms with Crippen molar-refractivity contribution < 1.29 is 12.8 Å². The van der Waals surface area contributed by atoms with Gasteiger partial charge in [0.1, 0.15) is 5.82 Å². The summed E-state index contributed by atoms with van der Waals surface area (Å²) in [6, 6.07) is 7.99. The summed E-state index contributed by atoms with van der Waals surface area (Å²) in [5.41, 5.74) is 6.36. The first-order valence-electron chi connectivity index (χ1n) is 5.78. The van der Waals surface area contributed by atoms with Crippen LogP contribution in [0.2, 0.25) is 10.0 Å². The molecule has 0 atom stereocenters. The maximum absolute atomic E-state index is 13.0. The maximum atomic E-state index is 13.0. The summed E-state index contributed by atoms with van der Waals surface area (Å²) in [6.07, 6.45) is 0. The van der Waals surface area contributed by atoms with Crippen LogP contribution in [0.5, 0.6) is 0 Å². The number of hydrogen-bond acceptors (Lipinski definition) is 3. The maximum Gasteiger partial charge on any atom is 0.240 e. The number of halogens is 3. The van der Waals surface area contributed by atoms with E-state index in [2.05, 4.69) is 4.72 Å². The molecule has 0 saturated heterocycles. The van der Waals surface area contributed by atoms with E-state index in [1.165, 1.54) is 36.4 Å². The molecule has 112 valence electrons. The first kappa shape index (κ1) is 16.0. The number of anilines is 1. The first-order valence-corrected chi connectivity index (χ1v) is 8.02. The number of hydrogen-bond donors (Lipinski definition) is 2. The van der Waals surface area contributed by atoms with Gasteiger partial charge in [-0.2, -0.15) is 0 Å². The van der Waals surface area contributed by atoms with E-state index >= 15 is 0 Å². The second-order valence-electron chi connectivity index (χ2n) is 4.26. The standard InChI is InChI=1S/C13H11Cl2FN2O2S/c14-10-5-8(1-3-12(10)16)7-18-21(19,20)9-2-4-13(17)11(15)6-9/h1-6,18H,7,17H2. The average molecular weight is 349 g/mol. The molecular weight excluding hydrogens is 338 g/mol. The molecule has 0 spiro atoms. The molecule has 2 aromatic rings. The number of nitrogen functional groups attached to an aromatic ring is 1. The van der Waals surface area contributed by atoms with E-state index in [4.69, 9.17) is 28.9 Å². The molecule has 21 heavy (non-hydrogen) atoms. The van der Waals surface area contributed by atoms with Crippen LogP contribution in [0.25, 0.3) is 0 Å². The third-order valence-corrected chi connectivity index (χ3v) is 4.75. The number of nitrogens with one attached hydrogen (secondary N) is 1. The molecule has 3 N–H and O–H groups in total. The summed E-state index contributed by atoms with van der Waals surface area (Å²) >= 11 is 11.4. The highest BCUT2D eigenvalue weighted by Crippen LogP contribution is 2.22. The molecule has 2 rings (SSSR count). The fourth-order valence-electron chi connectivity index (χ4n) is 1.59. The SMILES string of the molecule is Nc1ccc(S(=O)(=O)NCc2ccc(F)c(Cl)c2)cc1Cl. The number of nitrogens with two attached hydrogens (primary N) is 1. The highest BCUT2D eigenvalue weighted by molar-refractivity contribution is 7.89. The molecule has 0 aliphatic rings. The molecule has 0 amide bonds. The minimum atomic E-state index is -3.75. The second-order valence-corrected chi connectivity index (χ2v) is 6.84. The van der Waals surface area contributed by atoms with Crippen LogP contribution >= 0.6 is 23.2 Å². The molecule has 0 unspecified atom stereocenters. The molecule has 2 aromatic carbocycles. The number of sulfonamides is 1. The van der Waals surface area contributed by atoms with Crippen LogP contribution in [0.15, 0.2) is 41.3 Å². The van der Waals surface area contributed by atoms with Crippen molar-refractivity contribution in [3.8, 4) is 0 Å². The Hall–Kier alpha value is -1.34. The Morgan fingerprint density at radius 1 is 1.10 bits per heavy atom. The monoisotopic (exact) mass is 348 g/mol. The minimum absolute atomic E-state index is 0.00471. The Labute approximate surface area is 131 Å². The normalized spacial score (nSPS) is 11.6. The van der Waals surface area contributed by atoms with E-state index in [1.54, 1.807) is 0 Å². The second kappa shape index (κ2) is 6.19. The predicted octanol–water partition coefficient (Wildman–Crippen LogP) is 3.19. The summed E-state index contributed by atoms with van der Waals surface area (Å²) in [7, 11) is -3.75. The van der Waals surface area contributed by atoms with Crippen molar-refractivity contribution in [2.24, 2.45) is 0 Å². The van der Waals surface area contributed by atoms with Crippen LogP contribution in [0, 0.1) is 5.82 Å². The zero-order valence-corrected chi connectivity index (χ0v) is 12.9. The Morgan fingerprint density at radius 3 is 2.43 bits per heavy atom. The van der Waals surface area contributed by atoms with Crippen molar-refractivity contribution in [1.29, 1.82) is 0 Å². The van der Waals surface area contributed by atoms with Crippen molar-refractivity contribution in [1.82, 2.24) is 4.72 Å². The molecule has 0 bridgehead atoms. The van der Waals surface area contributed by atoms with Gasteiger partial charge >= 0.3 is 0 Å². The Balaban J connectivity index is 2.17. The summed E-state index contributed by atoms with van der Waals surface area (Å²) in [5, 5.41) is 0.0879. The van der Waals surface area contributed by atoms with Crippen molar-refractivity contribution >= 4 is 38.9 Å². The molecule has 0 radical (unpaired) electrons. The average Bonchev–Trinajstić information content (AvgIpc) is 2.43. The first-order chi connectivity index (χ1) is 9.79. The van der Waals surface area contributed by atoms with Gasteiger partial charge in [-0.05, 0) is 35.9 Å². The molecule has 0 aliphatic carbocycles. The van der Waals surface area contributed by atoms with E-state index in [9.17, 15) is 12.8 Å². The van der Waals surface area contributed by atoms with E-state index < -0.39 is 15.8 Å². The third kappa shape index (κ3) is 3.85. The quantitative estimate of drug-likeness (QED) is 0.833. The molecule has 0 aliphatic heterocycles. The lowest BCUT2D eigenvalue weighted by Gasteiger charge is -2.08. The van der Waals surface area contributed by atoms with Gasteiger partial charge in [0, 0.05) is 6.54 Å². The zero-order chi connectivity index (χ0) is 15.6. The zero-order valence-electron chi connectivity index (χ0n) is 10.6. The van der Waals surface area contributed by atoms with Crippen LogP contribution in [0.1, 0.15) is 5.56 Å². The Morgan fingerprint density at radius 2 is 1.81 bits per heavy atom. The molecule has 0 saturated carbocycles. The van der Waals surface area contributed by atoms with Crippen LogP contribution < -0.4 is 10.5 Å². The molecule has 4 nitrogen and oxygen atoms in total. The lowest BCUT2D eigenvalue weighted by molar-refractivity contribution is 0.581. The van der Waals surface area contributed by atoms with Crippen LogP contribution in [0.3, 0.4) is 0 Å². The fourth-order valence-corrected chi connectivity index (χ4v) is 3.08. The van der Waals surface area contributed by atoms with Crippen molar-refractivity contribution in [2.45, 2.75) is 11.4 Å². The number of rotatable bonds is 4. The van der Waals surface area contributed by atoms with Gasteiger partial charge in [0.15, 0.2) is 0 Å². The molecular formula is C13H11Cl2FN2O2S. The van der Waals surface area contributed by atoms with Crippen molar-refractivity contribution in [2.75, 3.05) is 5.73 Å². The van der Waals surface area contributed by atoms with Crippen molar-refractivity contribution in [3.05, 3.63) is 57.8 Å². The lowest BCUT2D eigenvalue weighted by Crippen LogP contribution is -2.23. The van der Waals surface area contributed by atoms with E-state index in [0.29, 0.717) is 11.3 Å².